The van der Waals surface area contributed by atoms with Crippen molar-refractivity contribution < 1.29 is 22.5 Å². The van der Waals surface area contributed by atoms with Gasteiger partial charge in [0.2, 0.25) is 5.76 Å². The summed E-state index contributed by atoms with van der Waals surface area (Å²) in [6.45, 7) is 2.66. The molecule has 0 saturated heterocycles. The number of carbonyl (C=O) groups excluding carboxylic acids is 1. The molecule has 0 unspecified atom stereocenters. The molecule has 0 spiro atoms. The molecule has 0 radical (unpaired) electrons. The van der Waals surface area contributed by atoms with Gasteiger partial charge in [-0.15, -0.1) is 0 Å². The first-order valence-electron chi connectivity index (χ1n) is 7.70. The Morgan fingerprint density at radius 1 is 1.20 bits per heavy atom. The Bertz CT molecular complexity index is 726. The van der Waals surface area contributed by atoms with Crippen LogP contribution in [0.4, 0.5) is 13.2 Å². The van der Waals surface area contributed by atoms with Crippen molar-refractivity contribution in [1.29, 1.82) is 0 Å². The maximum Gasteiger partial charge on any atom is 0.416 e. The molecular weight excluding hydrogens is 335 g/mol. The fourth-order valence-corrected chi connectivity index (χ4v) is 2.26. The van der Waals surface area contributed by atoms with Gasteiger partial charge in [0.1, 0.15) is 0 Å². The lowest BCUT2D eigenvalue weighted by molar-refractivity contribution is -0.137. The third-order valence-corrected chi connectivity index (χ3v) is 3.57. The average Bonchev–Trinajstić information content (AvgIpc) is 2.96. The summed E-state index contributed by atoms with van der Waals surface area (Å²) in [6, 6.07) is 6.48. The molecule has 25 heavy (non-hydrogen) atoms. The highest BCUT2D eigenvalue weighted by atomic mass is 19.4. The molecular formula is C17H20F3N3O2. The Kier molecular flexibility index (Phi) is 5.84. The molecule has 0 atom stereocenters. The number of carbonyl (C=O) groups is 1. The van der Waals surface area contributed by atoms with Crippen LogP contribution in [0, 0.1) is 6.92 Å². The Labute approximate surface area is 144 Å². The second-order valence-corrected chi connectivity index (χ2v) is 6.06. The van der Waals surface area contributed by atoms with E-state index < -0.39 is 17.6 Å². The number of rotatable bonds is 6. The minimum atomic E-state index is -4.42. The monoisotopic (exact) mass is 355 g/mol. The summed E-state index contributed by atoms with van der Waals surface area (Å²) in [5, 5.41) is 3.69. The van der Waals surface area contributed by atoms with Crippen LogP contribution < -0.4 is 0 Å². The van der Waals surface area contributed by atoms with Gasteiger partial charge in [-0.25, -0.2) is 0 Å². The van der Waals surface area contributed by atoms with Crippen LogP contribution in [-0.4, -0.2) is 48.0 Å². The van der Waals surface area contributed by atoms with Crippen LogP contribution in [0.1, 0.15) is 27.4 Å². The lowest BCUT2D eigenvalue weighted by Gasteiger charge is -2.23. The van der Waals surface area contributed by atoms with E-state index in [9.17, 15) is 18.0 Å². The van der Waals surface area contributed by atoms with Crippen molar-refractivity contribution in [2.45, 2.75) is 19.6 Å². The molecule has 1 aromatic heterocycles. The van der Waals surface area contributed by atoms with Crippen molar-refractivity contribution in [3.63, 3.8) is 0 Å². The average molecular weight is 355 g/mol. The molecule has 0 N–H and O–H groups in total. The second kappa shape index (κ2) is 7.69. The molecule has 5 nitrogen and oxygen atoms in total. The Balaban J connectivity index is 2.22. The Morgan fingerprint density at radius 3 is 2.48 bits per heavy atom. The molecule has 1 amide bonds. The zero-order valence-electron chi connectivity index (χ0n) is 14.3. The van der Waals surface area contributed by atoms with E-state index in [1.165, 1.54) is 17.0 Å². The third kappa shape index (κ3) is 5.32. The van der Waals surface area contributed by atoms with Crippen molar-refractivity contribution in [3.8, 4) is 0 Å². The van der Waals surface area contributed by atoms with Gasteiger partial charge in [-0.05, 0) is 38.7 Å². The molecule has 2 aromatic rings. The number of benzene rings is 1. The van der Waals surface area contributed by atoms with Crippen LogP contribution in [0.3, 0.4) is 0 Å². The SMILES string of the molecule is Cc1cc(C(=O)N(CCN(C)C)Cc2cccc(C(F)(F)F)c2)on1. The van der Waals surface area contributed by atoms with Gasteiger partial charge in [0.25, 0.3) is 5.91 Å². The minimum absolute atomic E-state index is 0.0519. The number of alkyl halides is 3. The fraction of sp³-hybridized carbons (Fsp3) is 0.412. The predicted octanol–water partition coefficient (Wildman–Crippen LogP) is 3.21. The van der Waals surface area contributed by atoms with Crippen molar-refractivity contribution in [3.05, 3.63) is 52.9 Å². The molecule has 0 saturated carbocycles. The van der Waals surface area contributed by atoms with Crippen LogP contribution in [0.5, 0.6) is 0 Å². The summed E-state index contributed by atoms with van der Waals surface area (Å²) >= 11 is 0. The number of aromatic nitrogens is 1. The van der Waals surface area contributed by atoms with E-state index >= 15 is 0 Å². The summed E-state index contributed by atoms with van der Waals surface area (Å²) in [7, 11) is 3.71. The first kappa shape index (κ1) is 19.0. The van der Waals surface area contributed by atoms with Crippen molar-refractivity contribution in [2.75, 3.05) is 27.2 Å². The number of amides is 1. The molecule has 136 valence electrons. The van der Waals surface area contributed by atoms with Gasteiger partial charge in [0, 0.05) is 25.7 Å². The number of likely N-dealkylation sites (N-methyl/N-ethyl adjacent to an activating group) is 1. The van der Waals surface area contributed by atoms with Gasteiger partial charge in [0.15, 0.2) is 0 Å². The highest BCUT2D eigenvalue weighted by Gasteiger charge is 2.30. The quantitative estimate of drug-likeness (QED) is 0.798. The Hall–Kier alpha value is -2.35. The van der Waals surface area contributed by atoms with Crippen molar-refractivity contribution >= 4 is 5.91 Å². The van der Waals surface area contributed by atoms with Gasteiger partial charge >= 0.3 is 6.18 Å². The number of nitrogens with zero attached hydrogens (tertiary/aromatic N) is 3. The van der Waals surface area contributed by atoms with Crippen LogP contribution in [0.25, 0.3) is 0 Å². The summed E-state index contributed by atoms with van der Waals surface area (Å²) in [5.74, 6) is -0.330. The highest BCUT2D eigenvalue weighted by molar-refractivity contribution is 5.91. The van der Waals surface area contributed by atoms with E-state index in [2.05, 4.69) is 5.16 Å². The van der Waals surface area contributed by atoms with Gasteiger partial charge in [-0.3, -0.25) is 4.79 Å². The molecule has 0 aliphatic carbocycles. The number of hydrogen-bond acceptors (Lipinski definition) is 4. The van der Waals surface area contributed by atoms with Crippen LogP contribution in [-0.2, 0) is 12.7 Å². The topological polar surface area (TPSA) is 49.6 Å². The van der Waals surface area contributed by atoms with E-state index in [0.717, 1.165) is 12.1 Å². The van der Waals surface area contributed by atoms with Gasteiger partial charge in [-0.1, -0.05) is 17.3 Å². The van der Waals surface area contributed by atoms with Crippen LogP contribution in [0.15, 0.2) is 34.9 Å². The largest absolute Gasteiger partial charge is 0.416 e. The van der Waals surface area contributed by atoms with E-state index in [-0.39, 0.29) is 12.3 Å². The maximum atomic E-state index is 12.9. The van der Waals surface area contributed by atoms with Gasteiger partial charge in [0.05, 0.1) is 11.3 Å². The van der Waals surface area contributed by atoms with Gasteiger partial charge in [-0.2, -0.15) is 13.2 Å². The van der Waals surface area contributed by atoms with Gasteiger partial charge < -0.3 is 14.3 Å². The first-order chi connectivity index (χ1) is 11.7. The molecule has 0 aliphatic rings. The number of hydrogen-bond donors (Lipinski definition) is 0. The van der Waals surface area contributed by atoms with E-state index in [0.29, 0.717) is 24.3 Å². The zero-order chi connectivity index (χ0) is 18.6. The molecule has 1 aromatic carbocycles. The molecule has 1 heterocycles. The third-order valence-electron chi connectivity index (χ3n) is 3.57. The Morgan fingerprint density at radius 2 is 1.92 bits per heavy atom. The normalized spacial score (nSPS) is 11.8. The smallest absolute Gasteiger partial charge is 0.351 e. The van der Waals surface area contributed by atoms with E-state index in [1.54, 1.807) is 13.0 Å². The fourth-order valence-electron chi connectivity index (χ4n) is 2.26. The zero-order valence-corrected chi connectivity index (χ0v) is 14.3. The molecule has 8 heteroatoms. The number of halogens is 3. The molecule has 0 fully saturated rings. The van der Waals surface area contributed by atoms with Crippen LogP contribution >= 0.6 is 0 Å². The summed E-state index contributed by atoms with van der Waals surface area (Å²) in [5.41, 5.74) is 0.230. The molecule has 2 rings (SSSR count). The standard InChI is InChI=1S/C17H20F3N3O2/c1-12-9-15(25-21-12)16(24)23(8-7-22(2)3)11-13-5-4-6-14(10-13)17(18,19)20/h4-6,9-10H,7-8,11H2,1-3H3. The van der Waals surface area contributed by atoms with E-state index in [1.807, 2.05) is 19.0 Å². The summed E-state index contributed by atoms with van der Waals surface area (Å²) < 4.78 is 43.6. The molecule has 0 aliphatic heterocycles. The minimum Gasteiger partial charge on any atom is -0.351 e. The lowest BCUT2D eigenvalue weighted by Crippen LogP contribution is -2.36. The van der Waals surface area contributed by atoms with Crippen LogP contribution in [0.2, 0.25) is 0 Å². The highest BCUT2D eigenvalue weighted by Crippen LogP contribution is 2.29. The predicted molar refractivity (Wildman–Crippen MR) is 86.0 cm³/mol. The van der Waals surface area contributed by atoms with Crippen molar-refractivity contribution in [2.24, 2.45) is 0 Å². The number of aryl methyl sites for hydroxylation is 1. The lowest BCUT2D eigenvalue weighted by atomic mass is 10.1. The summed E-state index contributed by atoms with van der Waals surface area (Å²) in [4.78, 5) is 15.9. The van der Waals surface area contributed by atoms with E-state index in [4.69, 9.17) is 4.52 Å². The summed E-state index contributed by atoms with van der Waals surface area (Å²) in [6.07, 6.45) is -4.42. The first-order valence-corrected chi connectivity index (χ1v) is 7.70. The van der Waals surface area contributed by atoms with Crippen molar-refractivity contribution in [1.82, 2.24) is 15.0 Å². The molecule has 0 bridgehead atoms. The maximum absolute atomic E-state index is 12.9. The second-order valence-electron chi connectivity index (χ2n) is 6.06.